The van der Waals surface area contributed by atoms with Crippen LogP contribution in [0.5, 0.6) is 0 Å². The minimum atomic E-state index is -3.14. The van der Waals surface area contributed by atoms with Crippen molar-refractivity contribution in [3.63, 3.8) is 0 Å². The van der Waals surface area contributed by atoms with Crippen molar-refractivity contribution in [1.82, 2.24) is 13.6 Å². The average molecular weight is 499 g/mol. The molecule has 1 saturated heterocycles. The molecule has 2 aliphatic rings. The highest BCUT2D eigenvalue weighted by molar-refractivity contribution is 7.89. The molecule has 0 radical (unpaired) electrons. The summed E-state index contributed by atoms with van der Waals surface area (Å²) in [6.45, 7) is 6.97. The quantitative estimate of drug-likeness (QED) is 0.496. The van der Waals surface area contributed by atoms with Crippen LogP contribution in [0, 0.1) is 0 Å². The summed E-state index contributed by atoms with van der Waals surface area (Å²) in [5.41, 5.74) is 4.10. The number of sulfonamides is 1. The fraction of sp³-hybridized carbons (Fsp3) is 0.500. The number of hydrogen-bond donors (Lipinski definition) is 0. The number of hydrogen-bond acceptors (Lipinski definition) is 6. The lowest BCUT2D eigenvalue weighted by Crippen LogP contribution is -2.47. The van der Waals surface area contributed by atoms with E-state index in [0.717, 1.165) is 64.2 Å². The largest absolute Gasteiger partial charge is 0.353 e. The van der Waals surface area contributed by atoms with Gasteiger partial charge in [-0.05, 0) is 73.0 Å². The smallest absolute Gasteiger partial charge is 0.213 e. The Hall–Kier alpha value is -2.00. The van der Waals surface area contributed by atoms with Crippen molar-refractivity contribution < 1.29 is 8.42 Å². The molecule has 1 fully saturated rings. The van der Waals surface area contributed by atoms with Gasteiger partial charge in [0.25, 0.3) is 0 Å². The summed E-state index contributed by atoms with van der Waals surface area (Å²) in [5, 5.41) is 1.27. The van der Waals surface area contributed by atoms with Gasteiger partial charge in [-0.2, -0.15) is 4.37 Å². The van der Waals surface area contributed by atoms with Crippen LogP contribution in [0.2, 0.25) is 0 Å². The zero-order valence-corrected chi connectivity index (χ0v) is 21.7. The van der Waals surface area contributed by atoms with Gasteiger partial charge in [0.1, 0.15) is 5.82 Å². The van der Waals surface area contributed by atoms with Crippen LogP contribution in [0.15, 0.2) is 42.5 Å². The Balaban J connectivity index is 1.14. The van der Waals surface area contributed by atoms with Gasteiger partial charge < -0.3 is 4.90 Å². The van der Waals surface area contributed by atoms with E-state index >= 15 is 0 Å². The van der Waals surface area contributed by atoms with E-state index in [1.54, 1.807) is 29.8 Å². The van der Waals surface area contributed by atoms with Gasteiger partial charge >= 0.3 is 0 Å². The lowest BCUT2D eigenvalue weighted by molar-refractivity contribution is 0.260. The molecular weight excluding hydrogens is 464 g/mol. The molecule has 2 heterocycles. The van der Waals surface area contributed by atoms with Gasteiger partial charge in [0.2, 0.25) is 10.0 Å². The van der Waals surface area contributed by atoms with Crippen LogP contribution in [0.3, 0.4) is 0 Å². The third kappa shape index (κ3) is 4.87. The van der Waals surface area contributed by atoms with Gasteiger partial charge in [-0.1, -0.05) is 30.3 Å². The first-order valence-electron chi connectivity index (χ1n) is 12.3. The van der Waals surface area contributed by atoms with Gasteiger partial charge in [0.05, 0.1) is 10.5 Å². The van der Waals surface area contributed by atoms with E-state index in [9.17, 15) is 8.42 Å². The fourth-order valence-electron chi connectivity index (χ4n) is 5.26. The van der Waals surface area contributed by atoms with Crippen molar-refractivity contribution in [1.29, 1.82) is 0 Å². The van der Waals surface area contributed by atoms with Crippen LogP contribution >= 0.6 is 11.5 Å². The van der Waals surface area contributed by atoms with Gasteiger partial charge in [-0.25, -0.2) is 12.7 Å². The standard InChI is InChI=1S/C26H34N4O2S2/c1-3-34(31,32)28(2)23-11-10-21-18-20(8-9-22(21)19-23)12-13-29-14-16-30(17-15-29)26-24-6-4-5-7-25(24)33-27-26/h4-9,18,23H,3,10-17,19H2,1-2H3. The van der Waals surface area contributed by atoms with Crippen molar-refractivity contribution in [2.75, 3.05) is 50.4 Å². The molecule has 1 atom stereocenters. The normalized spacial score (nSPS) is 19.6. The van der Waals surface area contributed by atoms with Crippen molar-refractivity contribution in [2.45, 2.75) is 38.6 Å². The third-order valence-corrected chi connectivity index (χ3v) is 10.3. The Morgan fingerprint density at radius 2 is 1.88 bits per heavy atom. The molecule has 182 valence electrons. The maximum absolute atomic E-state index is 12.3. The first-order valence-corrected chi connectivity index (χ1v) is 14.7. The summed E-state index contributed by atoms with van der Waals surface area (Å²) in [6.07, 6.45) is 3.73. The van der Waals surface area contributed by atoms with Gasteiger partial charge in [0.15, 0.2) is 0 Å². The molecule has 5 rings (SSSR count). The number of likely N-dealkylation sites (N-methyl/N-ethyl adjacent to an activating group) is 1. The predicted molar refractivity (Wildman–Crippen MR) is 141 cm³/mol. The zero-order valence-electron chi connectivity index (χ0n) is 20.1. The fourth-order valence-corrected chi connectivity index (χ4v) is 7.09. The Bertz CT molecular complexity index is 1250. The van der Waals surface area contributed by atoms with Crippen LogP contribution < -0.4 is 4.90 Å². The van der Waals surface area contributed by atoms with E-state index in [0.29, 0.717) is 0 Å². The molecule has 2 aromatic carbocycles. The summed E-state index contributed by atoms with van der Waals surface area (Å²) < 4.78 is 32.1. The monoisotopic (exact) mass is 498 g/mol. The third-order valence-electron chi connectivity index (χ3n) is 7.54. The average Bonchev–Trinajstić information content (AvgIpc) is 3.31. The number of piperazine rings is 1. The molecule has 1 aliphatic carbocycles. The second-order valence-corrected chi connectivity index (χ2v) is 12.6. The number of rotatable bonds is 7. The lowest BCUT2D eigenvalue weighted by atomic mass is 9.87. The molecule has 6 nitrogen and oxygen atoms in total. The minimum absolute atomic E-state index is 0.0782. The van der Waals surface area contributed by atoms with Crippen LogP contribution in [-0.2, 0) is 29.3 Å². The molecule has 0 spiro atoms. The second kappa shape index (κ2) is 9.93. The van der Waals surface area contributed by atoms with E-state index in [1.807, 2.05) is 0 Å². The molecule has 0 amide bonds. The molecule has 1 aliphatic heterocycles. The molecule has 8 heteroatoms. The number of aromatic nitrogens is 1. The summed E-state index contributed by atoms with van der Waals surface area (Å²) in [7, 11) is -1.40. The van der Waals surface area contributed by atoms with Gasteiger partial charge in [-0.15, -0.1) is 0 Å². The minimum Gasteiger partial charge on any atom is -0.353 e. The Labute approximate surface area is 207 Å². The summed E-state index contributed by atoms with van der Waals surface area (Å²) >= 11 is 1.59. The molecule has 1 aromatic heterocycles. The number of benzene rings is 2. The highest BCUT2D eigenvalue weighted by Gasteiger charge is 2.28. The maximum Gasteiger partial charge on any atom is 0.213 e. The van der Waals surface area contributed by atoms with Crippen LogP contribution in [0.4, 0.5) is 5.82 Å². The molecule has 1 unspecified atom stereocenters. The first kappa shape index (κ1) is 23.7. The van der Waals surface area contributed by atoms with E-state index in [2.05, 4.69) is 52.3 Å². The predicted octanol–water partition coefficient (Wildman–Crippen LogP) is 3.80. The van der Waals surface area contributed by atoms with E-state index < -0.39 is 10.0 Å². The number of fused-ring (bicyclic) bond motifs is 2. The first-order chi connectivity index (χ1) is 16.4. The molecular formula is C26H34N4O2S2. The number of aryl methyl sites for hydroxylation is 1. The van der Waals surface area contributed by atoms with Crippen molar-refractivity contribution in [3.05, 3.63) is 59.2 Å². The highest BCUT2D eigenvalue weighted by atomic mass is 32.2. The SMILES string of the molecule is CCS(=O)(=O)N(C)C1CCc2cc(CCN3CCN(c4nsc5ccccc45)CC3)ccc2C1. The number of anilines is 1. The van der Waals surface area contributed by atoms with Crippen molar-refractivity contribution in [2.24, 2.45) is 0 Å². The zero-order chi connectivity index (χ0) is 23.7. The van der Waals surface area contributed by atoms with E-state index in [-0.39, 0.29) is 11.8 Å². The van der Waals surface area contributed by atoms with E-state index in [1.165, 1.54) is 26.8 Å². The second-order valence-electron chi connectivity index (χ2n) is 9.50. The Kier molecular flexibility index (Phi) is 6.93. The molecule has 34 heavy (non-hydrogen) atoms. The van der Waals surface area contributed by atoms with Crippen molar-refractivity contribution >= 4 is 37.5 Å². The Morgan fingerprint density at radius 1 is 1.09 bits per heavy atom. The van der Waals surface area contributed by atoms with Crippen LogP contribution in [0.25, 0.3) is 10.1 Å². The Morgan fingerprint density at radius 3 is 2.68 bits per heavy atom. The highest BCUT2D eigenvalue weighted by Crippen LogP contribution is 2.30. The topological polar surface area (TPSA) is 56.8 Å². The van der Waals surface area contributed by atoms with Gasteiger partial charge in [-0.3, -0.25) is 4.90 Å². The van der Waals surface area contributed by atoms with Crippen LogP contribution in [-0.4, -0.2) is 73.6 Å². The maximum atomic E-state index is 12.3. The lowest BCUT2D eigenvalue weighted by Gasteiger charge is -2.35. The summed E-state index contributed by atoms with van der Waals surface area (Å²) in [5.74, 6) is 1.31. The molecule has 0 bridgehead atoms. The van der Waals surface area contributed by atoms with E-state index in [4.69, 9.17) is 4.37 Å². The van der Waals surface area contributed by atoms with Crippen LogP contribution in [0.1, 0.15) is 30.0 Å². The molecule has 0 saturated carbocycles. The van der Waals surface area contributed by atoms with Crippen molar-refractivity contribution in [3.8, 4) is 0 Å². The van der Waals surface area contributed by atoms with Gasteiger partial charge in [0, 0.05) is 51.2 Å². The number of nitrogens with zero attached hydrogens (tertiary/aromatic N) is 4. The summed E-state index contributed by atoms with van der Waals surface area (Å²) in [4.78, 5) is 4.99. The molecule has 0 N–H and O–H groups in total. The molecule has 3 aromatic rings. The summed E-state index contributed by atoms with van der Waals surface area (Å²) in [6, 6.07) is 15.4.